The van der Waals surface area contributed by atoms with Crippen molar-refractivity contribution in [2.75, 3.05) is 29.6 Å². The summed E-state index contributed by atoms with van der Waals surface area (Å²) in [5.41, 5.74) is 8.07. The molecule has 39 heavy (non-hydrogen) atoms. The van der Waals surface area contributed by atoms with Crippen LogP contribution in [0.3, 0.4) is 0 Å². The van der Waals surface area contributed by atoms with E-state index in [1.165, 1.54) is 55.3 Å². The van der Waals surface area contributed by atoms with Crippen molar-refractivity contribution < 1.29 is 14.7 Å². The fourth-order valence-electron chi connectivity index (χ4n) is 1.11. The van der Waals surface area contributed by atoms with Gasteiger partial charge >= 0.3 is 5.97 Å². The first-order valence-electron chi connectivity index (χ1n) is 13.4. The molecule has 12 heteroatoms. The Morgan fingerprint density at radius 2 is 1.49 bits per heavy atom. The van der Waals surface area contributed by atoms with Crippen molar-refractivity contribution in [3.8, 4) is 0 Å². The van der Waals surface area contributed by atoms with Crippen LogP contribution >= 0.6 is 64.8 Å². The summed E-state index contributed by atoms with van der Waals surface area (Å²) in [6, 6.07) is 0. The molecule has 1 amide bonds. The molecule has 0 fully saturated rings. The molecule has 4 N–H and O–H groups in total. The average Bonchev–Trinajstić information content (AvgIpc) is 2.90. The Hall–Kier alpha value is 0.410. The lowest BCUT2D eigenvalue weighted by Gasteiger charge is -2.19. The second kappa shape index (κ2) is 40.5. The molecule has 0 radical (unpaired) electrons. The van der Waals surface area contributed by atoms with E-state index < -0.39 is 5.97 Å². The molecule has 0 aliphatic heterocycles. The highest BCUT2D eigenvalue weighted by Crippen LogP contribution is 2.37. The molecule has 0 aromatic heterocycles. The van der Waals surface area contributed by atoms with Crippen LogP contribution in [0.2, 0.25) is 0 Å². The fourth-order valence-corrected chi connectivity index (χ4v) is 7.16. The van der Waals surface area contributed by atoms with Crippen LogP contribution in [0.25, 0.3) is 0 Å². The Bertz CT molecular complexity index is 573. The van der Waals surface area contributed by atoms with Gasteiger partial charge in [0.2, 0.25) is 5.91 Å². The molecule has 0 rings (SSSR count). The summed E-state index contributed by atoms with van der Waals surface area (Å²) in [6.45, 7) is 25.5. The topological polar surface area (TPSA) is 105 Å². The van der Waals surface area contributed by atoms with Gasteiger partial charge in [0.15, 0.2) is 0 Å². The third-order valence-electron chi connectivity index (χ3n) is 3.50. The second-order valence-electron chi connectivity index (χ2n) is 8.26. The molecule has 0 aliphatic rings. The maximum atomic E-state index is 10.1. The van der Waals surface area contributed by atoms with Gasteiger partial charge in [-0.3, -0.25) is 4.79 Å². The van der Waals surface area contributed by atoms with Crippen LogP contribution < -0.4 is 11.2 Å². The molecule has 0 spiro atoms. The SMILES string of the molecule is CC(=O)NN=C(C)C.CCCSSCC.CCSSC(C)(C)CC.CCSSC(C)CC.NC/C=C\C(=O)O. The number of nitrogens with two attached hydrogens (primary N) is 1. The molecule has 0 aromatic rings. The van der Waals surface area contributed by atoms with Gasteiger partial charge in [-0.2, -0.15) is 5.10 Å². The van der Waals surface area contributed by atoms with Crippen molar-refractivity contribution in [2.24, 2.45) is 10.8 Å². The number of amides is 1. The maximum absolute atomic E-state index is 10.1. The van der Waals surface area contributed by atoms with E-state index >= 15 is 0 Å². The van der Waals surface area contributed by atoms with Gasteiger partial charge in [0.25, 0.3) is 0 Å². The molecule has 0 saturated carbocycles. The fraction of sp³-hybridized carbons (Fsp3) is 0.815. The monoisotopic (exact) mass is 665 g/mol. The molecule has 0 aromatic carbocycles. The highest BCUT2D eigenvalue weighted by molar-refractivity contribution is 8.77. The highest BCUT2D eigenvalue weighted by Gasteiger charge is 2.14. The number of aliphatic carboxylic acids is 1. The lowest BCUT2D eigenvalue weighted by Crippen LogP contribution is -2.13. The van der Waals surface area contributed by atoms with E-state index in [0.717, 1.165) is 17.0 Å². The first-order valence-corrected chi connectivity index (χ1v) is 20.6. The van der Waals surface area contributed by atoms with Gasteiger partial charge in [-0.1, -0.05) is 119 Å². The van der Waals surface area contributed by atoms with E-state index in [1.54, 1.807) is 0 Å². The minimum atomic E-state index is -0.953. The standard InChI is InChI=1S/C7H16S2.C6H14S2.C5H10N2O.C5H12S2.C4H7NO2/c1-5-7(3,4)9-8-6-2;1-4-6(3)8-7-5-2;1-4(2)6-7-5(3)8;1-3-5-7-6-4-2;5-3-1-2-4(6)7/h5-6H2,1-4H3;6H,4-5H2,1-3H3;1-3H3,(H,7,8);3-5H2,1-2H3;1-2H,3,5H2,(H,6,7)/b;;;;2-1-. The molecule has 1 unspecified atom stereocenters. The summed E-state index contributed by atoms with van der Waals surface area (Å²) in [6.07, 6.45) is 6.24. The van der Waals surface area contributed by atoms with Crippen LogP contribution in [0.5, 0.6) is 0 Å². The number of hydrogen-bond acceptors (Lipinski definition) is 10. The number of carbonyl (C=O) groups excluding carboxylic acids is 1. The minimum Gasteiger partial charge on any atom is -0.478 e. The third-order valence-corrected chi connectivity index (χ3v) is 12.8. The Balaban J connectivity index is -0.000000124. The van der Waals surface area contributed by atoms with E-state index in [1.807, 2.05) is 78.6 Å². The first-order chi connectivity index (χ1) is 18.2. The first kappa shape index (κ1) is 49.1. The van der Waals surface area contributed by atoms with Crippen molar-refractivity contribution in [2.45, 2.75) is 112 Å². The number of nitrogens with zero attached hydrogens (tertiary/aromatic N) is 1. The van der Waals surface area contributed by atoms with Gasteiger partial charge in [-0.15, -0.1) is 0 Å². The van der Waals surface area contributed by atoms with Gasteiger partial charge < -0.3 is 10.8 Å². The average molecular weight is 666 g/mol. The number of carboxylic acid groups (broad SMARTS) is 1. The number of rotatable bonds is 15. The number of carbonyl (C=O) groups is 2. The van der Waals surface area contributed by atoms with Crippen LogP contribution in [0.4, 0.5) is 0 Å². The predicted molar refractivity (Wildman–Crippen MR) is 195 cm³/mol. The molecule has 0 bridgehead atoms. The number of nitrogens with one attached hydrogen (secondary N) is 1. The van der Waals surface area contributed by atoms with E-state index in [2.05, 4.69) is 72.8 Å². The highest BCUT2D eigenvalue weighted by atomic mass is 33.1. The minimum absolute atomic E-state index is 0.133. The number of hydrogen-bond donors (Lipinski definition) is 3. The molecule has 0 saturated heterocycles. The van der Waals surface area contributed by atoms with Crippen molar-refractivity contribution in [1.82, 2.24) is 5.43 Å². The van der Waals surface area contributed by atoms with Gasteiger partial charge in [0.1, 0.15) is 0 Å². The van der Waals surface area contributed by atoms with E-state index in [4.69, 9.17) is 10.8 Å². The zero-order valence-corrected chi connectivity index (χ0v) is 31.5. The molecule has 6 nitrogen and oxygen atoms in total. The Labute approximate surface area is 265 Å². The summed E-state index contributed by atoms with van der Waals surface area (Å²) >= 11 is 0. The van der Waals surface area contributed by atoms with Crippen molar-refractivity contribution in [3.05, 3.63) is 12.2 Å². The van der Waals surface area contributed by atoms with E-state index in [9.17, 15) is 9.59 Å². The lowest BCUT2D eigenvalue weighted by atomic mass is 10.1. The van der Waals surface area contributed by atoms with Crippen molar-refractivity contribution >= 4 is 82.4 Å². The van der Waals surface area contributed by atoms with Gasteiger partial charge in [-0.25, -0.2) is 10.2 Å². The summed E-state index contributed by atoms with van der Waals surface area (Å²) in [5, 5.41) is 12.4. The van der Waals surface area contributed by atoms with Gasteiger partial charge in [-0.05, 0) is 47.0 Å². The Morgan fingerprint density at radius 3 is 1.77 bits per heavy atom. The van der Waals surface area contributed by atoms with Crippen LogP contribution in [0, 0.1) is 0 Å². The zero-order valence-electron chi connectivity index (χ0n) is 26.6. The predicted octanol–water partition coefficient (Wildman–Crippen LogP) is 9.66. The summed E-state index contributed by atoms with van der Waals surface area (Å²) in [4.78, 5) is 19.7. The summed E-state index contributed by atoms with van der Waals surface area (Å²) in [7, 11) is 11.8. The number of carboxylic acids is 1. The van der Waals surface area contributed by atoms with Crippen LogP contribution in [-0.4, -0.2) is 62.2 Å². The second-order valence-corrected chi connectivity index (χ2v) is 17.5. The molecule has 0 aliphatic carbocycles. The van der Waals surface area contributed by atoms with Gasteiger partial charge in [0.05, 0.1) is 0 Å². The largest absolute Gasteiger partial charge is 0.478 e. The Morgan fingerprint density at radius 1 is 0.949 bits per heavy atom. The van der Waals surface area contributed by atoms with E-state index in [0.29, 0.717) is 4.75 Å². The maximum Gasteiger partial charge on any atom is 0.328 e. The van der Waals surface area contributed by atoms with Crippen LogP contribution in [-0.2, 0) is 9.59 Å². The van der Waals surface area contributed by atoms with Crippen molar-refractivity contribution in [3.63, 3.8) is 0 Å². The third kappa shape index (κ3) is 67.8. The molecule has 1 atom stereocenters. The molecular formula is C27H59N3O3S6. The summed E-state index contributed by atoms with van der Waals surface area (Å²) < 4.78 is 0.473. The zero-order chi connectivity index (χ0) is 31.5. The molecule has 0 heterocycles. The van der Waals surface area contributed by atoms with Crippen LogP contribution in [0.1, 0.15) is 102 Å². The normalized spacial score (nSPS) is 10.7. The lowest BCUT2D eigenvalue weighted by molar-refractivity contribution is -0.131. The van der Waals surface area contributed by atoms with Gasteiger partial charge in [0, 0.05) is 58.3 Å². The Kier molecular flexibility index (Phi) is 51.1. The molecular weight excluding hydrogens is 607 g/mol. The summed E-state index contributed by atoms with van der Waals surface area (Å²) in [5.74, 6) is 3.91. The smallest absolute Gasteiger partial charge is 0.328 e. The van der Waals surface area contributed by atoms with E-state index in [-0.39, 0.29) is 12.5 Å². The molecule has 236 valence electrons. The van der Waals surface area contributed by atoms with Crippen molar-refractivity contribution in [1.29, 1.82) is 0 Å². The quantitative estimate of drug-likeness (QED) is 0.0515. The van der Waals surface area contributed by atoms with Crippen LogP contribution in [0.15, 0.2) is 17.3 Å². The number of hydrazone groups is 1.